The second-order valence-electron chi connectivity index (χ2n) is 9.17. The van der Waals surface area contributed by atoms with Gasteiger partial charge in [-0.05, 0) is 66.7 Å². The molecule has 4 aromatic carbocycles. The molecule has 1 heterocycles. The third-order valence-corrected chi connectivity index (χ3v) is 7.63. The van der Waals surface area contributed by atoms with Gasteiger partial charge in [-0.15, -0.1) is 11.3 Å². The van der Waals surface area contributed by atoms with Crippen LogP contribution in [0.5, 0.6) is 11.5 Å². The Kier molecular flexibility index (Phi) is 10.2. The molecule has 0 atom stereocenters. The normalized spacial score (nSPS) is 10.8. The highest BCUT2D eigenvalue weighted by molar-refractivity contribution is 9.10. The zero-order valence-electron chi connectivity index (χ0n) is 23.2. The molecule has 0 fully saturated rings. The zero-order valence-corrected chi connectivity index (χ0v) is 26.4. The molecule has 0 aliphatic heterocycles. The number of ether oxygens (including phenoxy) is 2. The number of nitrogens with one attached hydrogen (secondary N) is 3. The van der Waals surface area contributed by atoms with Gasteiger partial charge >= 0.3 is 0 Å². The predicted octanol–water partition coefficient (Wildman–Crippen LogP) is 7.76. The van der Waals surface area contributed by atoms with Gasteiger partial charge < -0.3 is 20.1 Å². The first-order valence-electron chi connectivity index (χ1n) is 13.1. The molecule has 0 radical (unpaired) electrons. The summed E-state index contributed by atoms with van der Waals surface area (Å²) in [5, 5.41) is 13.5. The van der Waals surface area contributed by atoms with Gasteiger partial charge in [-0.3, -0.25) is 9.59 Å². The van der Waals surface area contributed by atoms with Crippen LogP contribution in [0.3, 0.4) is 0 Å². The first-order chi connectivity index (χ1) is 21.4. The van der Waals surface area contributed by atoms with Gasteiger partial charge in [-0.1, -0.05) is 51.8 Å². The minimum Gasteiger partial charge on any atom is -0.495 e. The fourth-order valence-electron chi connectivity index (χ4n) is 3.97. The second-order valence-corrected chi connectivity index (χ2v) is 11.4. The summed E-state index contributed by atoms with van der Waals surface area (Å²) in [6, 6.07) is 26.8. The number of nitrogens with zero attached hydrogens (tertiary/aromatic N) is 2. The van der Waals surface area contributed by atoms with E-state index < -0.39 is 0 Å². The van der Waals surface area contributed by atoms with Crippen LogP contribution in [0.1, 0.15) is 15.9 Å². The van der Waals surface area contributed by atoms with Crippen molar-refractivity contribution in [2.24, 2.45) is 5.10 Å². The van der Waals surface area contributed by atoms with Crippen LogP contribution in [0.25, 0.3) is 11.3 Å². The van der Waals surface area contributed by atoms with Crippen molar-refractivity contribution >= 4 is 73.4 Å². The van der Waals surface area contributed by atoms with Crippen LogP contribution in [0, 0.1) is 0 Å². The molecule has 0 bridgehead atoms. The Morgan fingerprint density at radius 2 is 1.77 bits per heavy atom. The van der Waals surface area contributed by atoms with Crippen LogP contribution in [-0.2, 0) is 4.79 Å². The summed E-state index contributed by atoms with van der Waals surface area (Å²) in [7, 11) is 1.53. The Labute approximate surface area is 271 Å². The van der Waals surface area contributed by atoms with Gasteiger partial charge in [0.1, 0.15) is 11.5 Å². The summed E-state index contributed by atoms with van der Waals surface area (Å²) in [6.45, 7) is -0.239. The number of hydrazone groups is 1. The van der Waals surface area contributed by atoms with Crippen molar-refractivity contribution in [3.05, 3.63) is 117 Å². The zero-order chi connectivity index (χ0) is 30.9. The number of halogens is 2. The van der Waals surface area contributed by atoms with Crippen LogP contribution in [0.2, 0.25) is 5.02 Å². The Bertz CT molecular complexity index is 1800. The first kappa shape index (κ1) is 30.7. The van der Waals surface area contributed by atoms with Crippen molar-refractivity contribution in [1.82, 2.24) is 10.4 Å². The van der Waals surface area contributed by atoms with E-state index in [1.807, 2.05) is 47.8 Å². The van der Waals surface area contributed by atoms with Crippen LogP contribution in [0.4, 0.5) is 16.5 Å². The molecule has 0 spiro atoms. The number of aromatic nitrogens is 1. The molecular formula is C32H25BrClN5O4S. The highest BCUT2D eigenvalue weighted by atomic mass is 79.9. The lowest BCUT2D eigenvalue weighted by atomic mass is 10.1. The van der Waals surface area contributed by atoms with Crippen LogP contribution in [0.15, 0.2) is 106 Å². The average Bonchev–Trinajstić information content (AvgIpc) is 3.50. The molecule has 0 aliphatic rings. The first-order valence-corrected chi connectivity index (χ1v) is 15.2. The largest absolute Gasteiger partial charge is 0.495 e. The molecule has 12 heteroatoms. The average molecular weight is 691 g/mol. The van der Waals surface area contributed by atoms with Crippen molar-refractivity contribution in [3.8, 4) is 22.8 Å². The number of carbonyl (C=O) groups excluding carboxylic acids is 2. The number of hydrogen-bond acceptors (Lipinski definition) is 8. The molecule has 0 unspecified atom stereocenters. The van der Waals surface area contributed by atoms with E-state index in [0.29, 0.717) is 33.3 Å². The molecule has 2 amide bonds. The number of hydrogen-bond donors (Lipinski definition) is 3. The number of carbonyl (C=O) groups is 2. The number of amides is 2. The van der Waals surface area contributed by atoms with Gasteiger partial charge in [-0.25, -0.2) is 10.4 Å². The van der Waals surface area contributed by atoms with E-state index in [9.17, 15) is 9.59 Å². The Morgan fingerprint density at radius 1 is 1.00 bits per heavy atom. The number of rotatable bonds is 11. The third kappa shape index (κ3) is 8.22. The van der Waals surface area contributed by atoms with E-state index in [2.05, 4.69) is 42.1 Å². The number of methoxy groups -OCH3 is 1. The maximum absolute atomic E-state index is 12.7. The van der Waals surface area contributed by atoms with E-state index >= 15 is 0 Å². The van der Waals surface area contributed by atoms with Gasteiger partial charge in [0.25, 0.3) is 11.8 Å². The van der Waals surface area contributed by atoms with E-state index in [-0.39, 0.29) is 18.4 Å². The highest BCUT2D eigenvalue weighted by Gasteiger charge is 2.11. The summed E-state index contributed by atoms with van der Waals surface area (Å²) in [5.74, 6) is 0.218. The Balaban J connectivity index is 1.17. The Hall–Kier alpha value is -4.71. The van der Waals surface area contributed by atoms with Crippen molar-refractivity contribution < 1.29 is 19.1 Å². The molecule has 44 heavy (non-hydrogen) atoms. The fraction of sp³-hybridized carbons (Fsp3) is 0.0625. The number of para-hydroxylation sites is 2. The molecule has 3 N–H and O–H groups in total. The standard InChI is InChI=1S/C32H25BrClN5O4S/c1-42-29-5-3-2-4-26(29)37-30(40)18-43-28-15-10-23(33)16-22(28)17-35-39-31(41)21-8-6-20(7-9-21)27-19-44-32(38-27)36-25-13-11-24(34)12-14-25/h2-17,19H,18H2,1H3,(H,36,38)(H,37,40)(H,39,41)/b35-17-. The summed E-state index contributed by atoms with van der Waals surface area (Å²) in [5.41, 5.74) is 6.61. The monoisotopic (exact) mass is 689 g/mol. The maximum atomic E-state index is 12.7. The summed E-state index contributed by atoms with van der Waals surface area (Å²) < 4.78 is 11.8. The number of thiazole rings is 1. The van der Waals surface area contributed by atoms with Crippen molar-refractivity contribution in [1.29, 1.82) is 0 Å². The second kappa shape index (κ2) is 14.6. The van der Waals surface area contributed by atoms with Crippen LogP contribution >= 0.6 is 38.9 Å². The quantitative estimate of drug-likeness (QED) is 0.0965. The molecule has 5 aromatic rings. The van der Waals surface area contributed by atoms with Crippen molar-refractivity contribution in [3.63, 3.8) is 0 Å². The molecule has 5 rings (SSSR count). The number of anilines is 3. The topological polar surface area (TPSA) is 114 Å². The molecular weight excluding hydrogens is 666 g/mol. The molecule has 222 valence electrons. The van der Waals surface area contributed by atoms with Gasteiger partial charge in [0.2, 0.25) is 0 Å². The van der Waals surface area contributed by atoms with Crippen molar-refractivity contribution in [2.45, 2.75) is 0 Å². The molecule has 9 nitrogen and oxygen atoms in total. The number of benzene rings is 4. The summed E-state index contributed by atoms with van der Waals surface area (Å²) in [4.78, 5) is 29.9. The molecule has 0 saturated heterocycles. The fourth-order valence-corrected chi connectivity index (χ4v) is 5.21. The minimum absolute atomic E-state index is 0.239. The highest BCUT2D eigenvalue weighted by Crippen LogP contribution is 2.28. The van der Waals surface area contributed by atoms with E-state index in [0.717, 1.165) is 26.5 Å². The van der Waals surface area contributed by atoms with E-state index in [4.69, 9.17) is 21.1 Å². The minimum atomic E-state index is -0.384. The lowest BCUT2D eigenvalue weighted by Crippen LogP contribution is -2.21. The Morgan fingerprint density at radius 3 is 2.55 bits per heavy atom. The van der Waals surface area contributed by atoms with Crippen LogP contribution < -0.4 is 25.5 Å². The lowest BCUT2D eigenvalue weighted by Gasteiger charge is -2.12. The molecule has 1 aromatic heterocycles. The molecule has 0 saturated carbocycles. The molecule has 0 aliphatic carbocycles. The van der Waals surface area contributed by atoms with Crippen molar-refractivity contribution in [2.75, 3.05) is 24.4 Å². The third-order valence-electron chi connectivity index (χ3n) is 6.12. The van der Waals surface area contributed by atoms with E-state index in [1.54, 1.807) is 48.5 Å². The lowest BCUT2D eigenvalue weighted by molar-refractivity contribution is -0.118. The van der Waals surface area contributed by atoms with Gasteiger partial charge in [0.05, 0.1) is 24.7 Å². The van der Waals surface area contributed by atoms with Crippen LogP contribution in [-0.4, -0.2) is 36.7 Å². The predicted molar refractivity (Wildman–Crippen MR) is 179 cm³/mol. The van der Waals surface area contributed by atoms with Gasteiger partial charge in [-0.2, -0.15) is 5.10 Å². The SMILES string of the molecule is COc1ccccc1NC(=O)COc1ccc(Br)cc1/C=N\NC(=O)c1ccc(-c2csc(Nc3ccc(Cl)cc3)n2)cc1. The smallest absolute Gasteiger partial charge is 0.271 e. The van der Waals surface area contributed by atoms with E-state index in [1.165, 1.54) is 24.7 Å². The van der Waals surface area contributed by atoms with Gasteiger partial charge in [0.15, 0.2) is 11.7 Å². The summed E-state index contributed by atoms with van der Waals surface area (Å²) >= 11 is 10.9. The maximum Gasteiger partial charge on any atom is 0.271 e. The van der Waals surface area contributed by atoms with Gasteiger partial charge in [0, 0.05) is 37.3 Å². The summed E-state index contributed by atoms with van der Waals surface area (Å²) in [6.07, 6.45) is 1.45.